The standard InChI is InChI=1S/C14H26O3Si2/c1-6-19(7-2,8-3)13-18(4,5)12-10-9-11-17-14(15)16/h6-8H,1-3,9-13H2,4-5H3,(H,15,16). The number of carbonyl (C=O) groups is 1. The van der Waals surface area contributed by atoms with Crippen LogP contribution in [0.1, 0.15) is 12.8 Å². The van der Waals surface area contributed by atoms with E-state index in [9.17, 15) is 4.79 Å². The van der Waals surface area contributed by atoms with Gasteiger partial charge < -0.3 is 9.84 Å². The predicted octanol–water partition coefficient (Wildman–Crippen LogP) is 4.33. The summed E-state index contributed by atoms with van der Waals surface area (Å²) in [5, 5.41) is 8.38. The summed E-state index contributed by atoms with van der Waals surface area (Å²) in [6, 6.07) is 1.17. The summed E-state index contributed by atoms with van der Waals surface area (Å²) in [5.74, 6) is 0. The number of hydrogen-bond donors (Lipinski definition) is 1. The molecule has 0 aromatic carbocycles. The predicted molar refractivity (Wildman–Crippen MR) is 86.7 cm³/mol. The van der Waals surface area contributed by atoms with Crippen LogP contribution >= 0.6 is 0 Å². The molecule has 19 heavy (non-hydrogen) atoms. The largest absolute Gasteiger partial charge is 0.505 e. The van der Waals surface area contributed by atoms with Crippen molar-refractivity contribution in [3.63, 3.8) is 0 Å². The molecule has 0 spiro atoms. The first kappa shape index (κ1) is 17.9. The Balaban J connectivity index is 4.23. The quantitative estimate of drug-likeness (QED) is 0.371. The van der Waals surface area contributed by atoms with Crippen LogP contribution in [0.3, 0.4) is 0 Å². The lowest BCUT2D eigenvalue weighted by molar-refractivity contribution is 0.0904. The number of rotatable bonds is 10. The molecule has 0 aliphatic carbocycles. The molecule has 0 aromatic rings. The van der Waals surface area contributed by atoms with E-state index in [-0.39, 0.29) is 0 Å². The van der Waals surface area contributed by atoms with E-state index in [1.807, 2.05) is 0 Å². The molecule has 0 unspecified atom stereocenters. The van der Waals surface area contributed by atoms with Crippen molar-refractivity contribution in [1.29, 1.82) is 0 Å². The Morgan fingerprint density at radius 1 is 1.16 bits per heavy atom. The zero-order valence-corrected chi connectivity index (χ0v) is 14.2. The Morgan fingerprint density at radius 2 is 1.68 bits per heavy atom. The zero-order chi connectivity index (χ0) is 14.9. The van der Waals surface area contributed by atoms with Crippen LogP contribution in [0.15, 0.2) is 36.8 Å². The van der Waals surface area contributed by atoms with E-state index in [1.54, 1.807) is 0 Å². The second-order valence-electron chi connectivity index (χ2n) is 5.64. The van der Waals surface area contributed by atoms with Gasteiger partial charge in [-0.2, -0.15) is 0 Å². The van der Waals surface area contributed by atoms with Crippen LogP contribution in [0.5, 0.6) is 0 Å². The highest BCUT2D eigenvalue weighted by atomic mass is 28.4. The summed E-state index contributed by atoms with van der Waals surface area (Å²) in [4.78, 5) is 10.2. The van der Waals surface area contributed by atoms with Crippen LogP contribution in [-0.2, 0) is 4.74 Å². The molecule has 0 fully saturated rings. The fourth-order valence-electron chi connectivity index (χ4n) is 2.25. The summed E-state index contributed by atoms with van der Waals surface area (Å²) in [7, 11) is -3.05. The lowest BCUT2D eigenvalue weighted by Crippen LogP contribution is -2.40. The first-order chi connectivity index (χ1) is 8.81. The van der Waals surface area contributed by atoms with E-state index in [0.717, 1.165) is 12.8 Å². The van der Waals surface area contributed by atoms with Crippen LogP contribution in [-0.4, -0.2) is 34.0 Å². The molecule has 0 amide bonds. The van der Waals surface area contributed by atoms with E-state index in [2.05, 4.69) is 54.7 Å². The summed E-state index contributed by atoms with van der Waals surface area (Å²) in [6.45, 7) is 16.9. The average Bonchev–Trinajstić information content (AvgIpc) is 2.35. The van der Waals surface area contributed by atoms with Gasteiger partial charge in [0.1, 0.15) is 8.07 Å². The molecule has 3 nitrogen and oxygen atoms in total. The molecule has 0 bridgehead atoms. The lowest BCUT2D eigenvalue weighted by Gasteiger charge is -2.31. The first-order valence-corrected chi connectivity index (χ1v) is 12.4. The van der Waals surface area contributed by atoms with Gasteiger partial charge in [0.25, 0.3) is 0 Å². The normalized spacial score (nSPS) is 11.7. The number of ether oxygens (including phenoxy) is 1. The second-order valence-corrected chi connectivity index (χ2v) is 15.3. The fraction of sp³-hybridized carbons (Fsp3) is 0.500. The molecule has 0 atom stereocenters. The van der Waals surface area contributed by atoms with Crippen molar-refractivity contribution in [1.82, 2.24) is 0 Å². The monoisotopic (exact) mass is 298 g/mol. The van der Waals surface area contributed by atoms with Crippen LogP contribution in [0.2, 0.25) is 24.8 Å². The van der Waals surface area contributed by atoms with Gasteiger partial charge in [-0.05, 0) is 6.42 Å². The Kier molecular flexibility index (Phi) is 7.70. The summed E-state index contributed by atoms with van der Waals surface area (Å²) < 4.78 is 4.51. The van der Waals surface area contributed by atoms with Crippen LogP contribution in [0.25, 0.3) is 0 Å². The van der Waals surface area contributed by atoms with Gasteiger partial charge in [0, 0.05) is 8.07 Å². The Morgan fingerprint density at radius 3 is 2.11 bits per heavy atom. The Hall–Kier alpha value is -1.08. The fourth-order valence-corrected chi connectivity index (χ4v) is 13.0. The zero-order valence-electron chi connectivity index (χ0n) is 12.2. The van der Waals surface area contributed by atoms with Gasteiger partial charge in [0.15, 0.2) is 0 Å². The highest BCUT2D eigenvalue weighted by Crippen LogP contribution is 2.27. The van der Waals surface area contributed by atoms with Crippen molar-refractivity contribution in [2.45, 2.75) is 37.6 Å². The highest BCUT2D eigenvalue weighted by Gasteiger charge is 2.32. The third kappa shape index (κ3) is 7.17. The number of hydrogen-bond acceptors (Lipinski definition) is 2. The molecule has 108 valence electrons. The minimum atomic E-state index is -1.71. The Bertz CT molecular complexity index is 316. The lowest BCUT2D eigenvalue weighted by atomic mass is 10.4. The van der Waals surface area contributed by atoms with Crippen molar-refractivity contribution in [2.75, 3.05) is 6.61 Å². The van der Waals surface area contributed by atoms with Crippen molar-refractivity contribution in [3.8, 4) is 0 Å². The molecule has 0 saturated heterocycles. The summed E-state index contributed by atoms with van der Waals surface area (Å²) in [6.07, 6.45) is 0.628. The van der Waals surface area contributed by atoms with Gasteiger partial charge in [-0.1, -0.05) is 48.3 Å². The first-order valence-electron chi connectivity index (χ1n) is 6.57. The average molecular weight is 299 g/mol. The van der Waals surface area contributed by atoms with Gasteiger partial charge >= 0.3 is 6.16 Å². The van der Waals surface area contributed by atoms with E-state index in [4.69, 9.17) is 5.11 Å². The van der Waals surface area contributed by atoms with Crippen molar-refractivity contribution in [2.24, 2.45) is 0 Å². The molecule has 0 aromatic heterocycles. The maximum absolute atomic E-state index is 10.2. The molecule has 0 saturated carbocycles. The molecule has 0 radical (unpaired) electrons. The minimum Gasteiger partial charge on any atom is -0.450 e. The van der Waals surface area contributed by atoms with E-state index < -0.39 is 22.3 Å². The highest BCUT2D eigenvalue weighted by molar-refractivity contribution is 7.03. The minimum absolute atomic E-state index is 0.298. The van der Waals surface area contributed by atoms with Crippen LogP contribution < -0.4 is 0 Å². The number of unbranched alkanes of at least 4 members (excludes halogenated alkanes) is 1. The van der Waals surface area contributed by atoms with E-state index in [0.29, 0.717) is 6.61 Å². The van der Waals surface area contributed by atoms with Crippen molar-refractivity contribution in [3.05, 3.63) is 36.8 Å². The van der Waals surface area contributed by atoms with Gasteiger partial charge in [0.05, 0.1) is 6.61 Å². The molecule has 1 N–H and O–H groups in total. The summed E-state index contributed by atoms with van der Waals surface area (Å²) in [5.41, 5.74) is 7.33. The topological polar surface area (TPSA) is 46.5 Å². The molecule has 0 heterocycles. The Labute approximate surface area is 118 Å². The third-order valence-corrected chi connectivity index (χ3v) is 13.7. The second kappa shape index (κ2) is 8.17. The molecule has 0 rings (SSSR count). The van der Waals surface area contributed by atoms with Crippen LogP contribution in [0, 0.1) is 0 Å². The van der Waals surface area contributed by atoms with Gasteiger partial charge in [-0.25, -0.2) is 4.79 Å². The van der Waals surface area contributed by atoms with Crippen LogP contribution in [0.4, 0.5) is 4.79 Å². The molecular formula is C14H26O3Si2. The molecule has 5 heteroatoms. The molecule has 0 aliphatic heterocycles. The van der Waals surface area contributed by atoms with E-state index in [1.165, 1.54) is 11.7 Å². The van der Waals surface area contributed by atoms with Gasteiger partial charge in [0.2, 0.25) is 0 Å². The maximum Gasteiger partial charge on any atom is 0.505 e. The van der Waals surface area contributed by atoms with Gasteiger partial charge in [-0.15, -0.1) is 19.7 Å². The molecule has 0 aliphatic rings. The van der Waals surface area contributed by atoms with E-state index >= 15 is 0 Å². The summed E-state index contributed by atoms with van der Waals surface area (Å²) >= 11 is 0. The SMILES string of the molecule is C=C[Si](C=C)(C=C)C[Si](C)(C)CCCCOC(=O)O. The maximum atomic E-state index is 10.2. The third-order valence-electron chi connectivity index (χ3n) is 3.40. The smallest absolute Gasteiger partial charge is 0.450 e. The van der Waals surface area contributed by atoms with Crippen molar-refractivity contribution >= 4 is 22.3 Å². The molecular weight excluding hydrogens is 272 g/mol. The number of carboxylic acid groups (broad SMARTS) is 1. The van der Waals surface area contributed by atoms with Crippen molar-refractivity contribution < 1.29 is 14.6 Å². The van der Waals surface area contributed by atoms with Gasteiger partial charge in [-0.3, -0.25) is 0 Å².